The van der Waals surface area contributed by atoms with Gasteiger partial charge in [0.05, 0.1) is 6.61 Å². The third-order valence-corrected chi connectivity index (χ3v) is 2.10. The van der Waals surface area contributed by atoms with Crippen LogP contribution in [0.3, 0.4) is 0 Å². The zero-order valence-corrected chi connectivity index (χ0v) is 11.1. The molecule has 2 nitrogen and oxygen atoms in total. The highest BCUT2D eigenvalue weighted by molar-refractivity contribution is 5.98. The molecule has 18 heavy (non-hydrogen) atoms. The van der Waals surface area contributed by atoms with Crippen LogP contribution in [-0.4, -0.2) is 12.6 Å². The van der Waals surface area contributed by atoms with Crippen LogP contribution in [0.5, 0.6) is 0 Å². The quantitative estimate of drug-likeness (QED) is 0.462. The van der Waals surface area contributed by atoms with E-state index in [1.54, 1.807) is 13.0 Å². The fourth-order valence-electron chi connectivity index (χ4n) is 1.29. The predicted octanol–water partition coefficient (Wildman–Crippen LogP) is 3.29. The molecule has 0 aliphatic heterocycles. The molecule has 0 amide bonds. The van der Waals surface area contributed by atoms with Crippen molar-refractivity contribution < 1.29 is 9.53 Å². The second-order valence-corrected chi connectivity index (χ2v) is 4.11. The zero-order valence-electron chi connectivity index (χ0n) is 11.1. The minimum atomic E-state index is -0.366. The summed E-state index contributed by atoms with van der Waals surface area (Å²) in [5, 5.41) is 0. The molecule has 1 aromatic carbocycles. The molecule has 0 radical (unpaired) electrons. The van der Waals surface area contributed by atoms with E-state index >= 15 is 0 Å². The summed E-state index contributed by atoms with van der Waals surface area (Å²) in [6, 6.07) is 9.63. The Bertz CT molecular complexity index is 473. The van der Waals surface area contributed by atoms with Crippen molar-refractivity contribution in [2.75, 3.05) is 6.61 Å². The summed E-state index contributed by atoms with van der Waals surface area (Å²) in [6.45, 7) is 6.11. The van der Waals surface area contributed by atoms with E-state index in [1.165, 1.54) is 0 Å². The number of hydrogen-bond donors (Lipinski definition) is 0. The number of ether oxygens (including phenoxy) is 1. The van der Waals surface area contributed by atoms with Gasteiger partial charge in [0.25, 0.3) is 0 Å². The van der Waals surface area contributed by atoms with Crippen LogP contribution >= 0.6 is 0 Å². The largest absolute Gasteiger partial charge is 0.462 e. The molecule has 94 valence electrons. The lowest BCUT2D eigenvalue weighted by molar-refractivity contribution is -0.137. The molecule has 0 unspecified atom stereocenters. The first-order chi connectivity index (χ1) is 8.63. The Kier molecular flexibility index (Phi) is 5.73. The van der Waals surface area contributed by atoms with Crippen molar-refractivity contribution in [1.29, 1.82) is 0 Å². The first-order valence-corrected chi connectivity index (χ1v) is 6.09. The number of esters is 1. The van der Waals surface area contributed by atoms with Crippen LogP contribution in [0.15, 0.2) is 35.9 Å². The molecular formula is C16H18O2. The van der Waals surface area contributed by atoms with Gasteiger partial charge in [-0.3, -0.25) is 0 Å². The second kappa shape index (κ2) is 7.34. The molecule has 0 aliphatic rings. The summed E-state index contributed by atoms with van der Waals surface area (Å²) in [5.74, 6) is 5.73. The van der Waals surface area contributed by atoms with E-state index in [4.69, 9.17) is 4.74 Å². The van der Waals surface area contributed by atoms with Crippen molar-refractivity contribution in [3.05, 3.63) is 41.5 Å². The van der Waals surface area contributed by atoms with Gasteiger partial charge >= 0.3 is 5.97 Å². The highest BCUT2D eigenvalue weighted by Gasteiger charge is 2.07. The van der Waals surface area contributed by atoms with Crippen LogP contribution < -0.4 is 0 Å². The molecule has 2 heteroatoms. The van der Waals surface area contributed by atoms with Crippen LogP contribution in [0.1, 0.15) is 26.3 Å². The second-order valence-electron chi connectivity index (χ2n) is 4.11. The van der Waals surface area contributed by atoms with Crippen molar-refractivity contribution in [2.24, 2.45) is 5.92 Å². The Balaban J connectivity index is 3.02. The SMILES string of the molecule is CCOC(=O)C(C#CC(C)C)=Cc1ccccc1. The predicted molar refractivity (Wildman–Crippen MR) is 73.7 cm³/mol. The van der Waals surface area contributed by atoms with Gasteiger partial charge in [-0.15, -0.1) is 0 Å². The van der Waals surface area contributed by atoms with Crippen molar-refractivity contribution in [3.63, 3.8) is 0 Å². The Labute approximate surface area is 109 Å². The molecule has 0 heterocycles. The lowest BCUT2D eigenvalue weighted by Crippen LogP contribution is -2.06. The van der Waals surface area contributed by atoms with Crippen molar-refractivity contribution in [3.8, 4) is 11.8 Å². The summed E-state index contributed by atoms with van der Waals surface area (Å²) in [5.41, 5.74) is 1.34. The maximum atomic E-state index is 11.8. The summed E-state index contributed by atoms with van der Waals surface area (Å²) in [4.78, 5) is 11.8. The smallest absolute Gasteiger partial charge is 0.346 e. The normalized spacial score (nSPS) is 10.8. The fourth-order valence-corrected chi connectivity index (χ4v) is 1.29. The lowest BCUT2D eigenvalue weighted by atomic mass is 10.1. The van der Waals surface area contributed by atoms with E-state index in [2.05, 4.69) is 11.8 Å². The molecule has 0 spiro atoms. The highest BCUT2D eigenvalue weighted by atomic mass is 16.5. The first-order valence-electron chi connectivity index (χ1n) is 6.09. The van der Waals surface area contributed by atoms with Gasteiger partial charge in [0, 0.05) is 5.92 Å². The fraction of sp³-hybridized carbons (Fsp3) is 0.312. The van der Waals surface area contributed by atoms with Crippen LogP contribution in [0.4, 0.5) is 0 Å². The summed E-state index contributed by atoms with van der Waals surface area (Å²) >= 11 is 0. The first kappa shape index (κ1) is 14.1. The van der Waals surface area contributed by atoms with E-state index in [-0.39, 0.29) is 11.9 Å². The minimum absolute atomic E-state index is 0.221. The zero-order chi connectivity index (χ0) is 13.4. The molecular weight excluding hydrogens is 224 g/mol. The molecule has 0 saturated carbocycles. The number of carbonyl (C=O) groups excluding carboxylic acids is 1. The van der Waals surface area contributed by atoms with Crippen LogP contribution in [0, 0.1) is 17.8 Å². The van der Waals surface area contributed by atoms with Gasteiger partial charge in [-0.2, -0.15) is 0 Å². The molecule has 0 aliphatic carbocycles. The summed E-state index contributed by atoms with van der Waals surface area (Å²) in [6.07, 6.45) is 1.76. The molecule has 0 bridgehead atoms. The Hall–Kier alpha value is -2.01. The molecule has 0 saturated heterocycles. The summed E-state index contributed by atoms with van der Waals surface area (Å²) < 4.78 is 5.00. The van der Waals surface area contributed by atoms with E-state index < -0.39 is 0 Å². The van der Waals surface area contributed by atoms with Crippen LogP contribution in [0.25, 0.3) is 6.08 Å². The lowest BCUT2D eigenvalue weighted by Gasteiger charge is -2.01. The molecule has 1 rings (SSSR count). The molecule has 0 N–H and O–H groups in total. The van der Waals surface area contributed by atoms with Gasteiger partial charge < -0.3 is 4.74 Å². The average molecular weight is 242 g/mol. The summed E-state index contributed by atoms with van der Waals surface area (Å²) in [7, 11) is 0. The third-order valence-electron chi connectivity index (χ3n) is 2.10. The number of hydrogen-bond acceptors (Lipinski definition) is 2. The van der Waals surface area contributed by atoms with Gasteiger partial charge in [-0.25, -0.2) is 4.79 Å². The third kappa shape index (κ3) is 4.88. The van der Waals surface area contributed by atoms with Gasteiger partial charge in [-0.05, 0) is 18.6 Å². The maximum absolute atomic E-state index is 11.8. The van der Waals surface area contributed by atoms with Crippen LogP contribution in [-0.2, 0) is 9.53 Å². The Morgan fingerprint density at radius 1 is 1.33 bits per heavy atom. The van der Waals surface area contributed by atoms with E-state index in [0.29, 0.717) is 12.2 Å². The molecule has 1 aromatic rings. The van der Waals surface area contributed by atoms with E-state index in [9.17, 15) is 4.79 Å². The number of rotatable bonds is 3. The standard InChI is InChI=1S/C16H18O2/c1-4-18-16(17)15(11-10-13(2)3)12-14-8-6-5-7-9-14/h5-9,12-13H,4H2,1-3H3. The van der Waals surface area contributed by atoms with E-state index in [1.807, 2.05) is 44.2 Å². The molecule has 0 fully saturated rings. The van der Waals surface area contributed by atoms with Crippen LogP contribution in [0.2, 0.25) is 0 Å². The van der Waals surface area contributed by atoms with E-state index in [0.717, 1.165) is 5.56 Å². The highest BCUT2D eigenvalue weighted by Crippen LogP contribution is 2.08. The minimum Gasteiger partial charge on any atom is -0.462 e. The number of carbonyl (C=O) groups is 1. The maximum Gasteiger partial charge on any atom is 0.346 e. The van der Waals surface area contributed by atoms with Gasteiger partial charge in [-0.1, -0.05) is 56.0 Å². The molecule has 0 aromatic heterocycles. The Morgan fingerprint density at radius 2 is 2.00 bits per heavy atom. The average Bonchev–Trinajstić information content (AvgIpc) is 2.35. The Morgan fingerprint density at radius 3 is 2.56 bits per heavy atom. The van der Waals surface area contributed by atoms with Crippen molar-refractivity contribution in [2.45, 2.75) is 20.8 Å². The number of benzene rings is 1. The van der Waals surface area contributed by atoms with Crippen molar-refractivity contribution in [1.82, 2.24) is 0 Å². The van der Waals surface area contributed by atoms with Gasteiger partial charge in [0.2, 0.25) is 0 Å². The molecule has 0 atom stereocenters. The topological polar surface area (TPSA) is 26.3 Å². The monoisotopic (exact) mass is 242 g/mol. The van der Waals surface area contributed by atoms with Gasteiger partial charge in [0.15, 0.2) is 0 Å². The van der Waals surface area contributed by atoms with Gasteiger partial charge in [0.1, 0.15) is 5.57 Å². The van der Waals surface area contributed by atoms with Crippen molar-refractivity contribution >= 4 is 12.0 Å².